The third-order valence-corrected chi connectivity index (χ3v) is 4.58. The minimum atomic E-state index is -1.16. The van der Waals surface area contributed by atoms with E-state index in [1.165, 1.54) is 4.90 Å². The molecule has 5 heteroatoms. The summed E-state index contributed by atoms with van der Waals surface area (Å²) >= 11 is 0. The average Bonchev–Trinajstić information content (AvgIpc) is 2.44. The summed E-state index contributed by atoms with van der Waals surface area (Å²) in [5.74, 6) is 0.246. The van der Waals surface area contributed by atoms with Gasteiger partial charge in [0.1, 0.15) is 0 Å². The Morgan fingerprint density at radius 1 is 1.35 bits per heavy atom. The Bertz CT molecular complexity index is 549. The van der Waals surface area contributed by atoms with Gasteiger partial charge in [-0.2, -0.15) is 5.26 Å². The van der Waals surface area contributed by atoms with Gasteiger partial charge in [0.15, 0.2) is 0 Å². The fourth-order valence-electron chi connectivity index (χ4n) is 1.69. The minimum absolute atomic E-state index is 0.0718. The molecule has 1 rings (SSSR count). The molecular weight excluding hydrogens is 272 g/mol. The standard InChI is InChI=1S/C15H20N2O2S/c1-12-5-6-14(11-13(12)2)20(19)10-7-15(18)17(3)9-4-8-16/h5-6,11H,4,7,9-10H2,1-3H3. The van der Waals surface area contributed by atoms with Crippen LogP contribution < -0.4 is 0 Å². The van der Waals surface area contributed by atoms with Crippen LogP contribution in [-0.4, -0.2) is 34.4 Å². The summed E-state index contributed by atoms with van der Waals surface area (Å²) in [7, 11) is 0.508. The van der Waals surface area contributed by atoms with Gasteiger partial charge in [0, 0.05) is 30.7 Å². The average molecular weight is 292 g/mol. The molecule has 0 spiro atoms. The molecule has 20 heavy (non-hydrogen) atoms. The topological polar surface area (TPSA) is 61.2 Å². The molecule has 0 N–H and O–H groups in total. The number of hydrogen-bond acceptors (Lipinski definition) is 3. The molecule has 0 aliphatic rings. The molecule has 1 atom stereocenters. The second kappa shape index (κ2) is 7.81. The third kappa shape index (κ3) is 4.78. The molecule has 0 aliphatic carbocycles. The van der Waals surface area contributed by atoms with Crippen molar-refractivity contribution in [1.82, 2.24) is 4.90 Å². The van der Waals surface area contributed by atoms with Crippen LogP contribution in [0, 0.1) is 25.2 Å². The first-order valence-corrected chi connectivity index (χ1v) is 7.84. The van der Waals surface area contributed by atoms with Gasteiger partial charge in [-0.3, -0.25) is 9.00 Å². The van der Waals surface area contributed by atoms with Gasteiger partial charge < -0.3 is 4.90 Å². The molecule has 1 aromatic carbocycles. The Labute approximate surface area is 122 Å². The zero-order valence-corrected chi connectivity index (χ0v) is 13.0. The fourth-order valence-corrected chi connectivity index (χ4v) is 2.81. The van der Waals surface area contributed by atoms with Crippen molar-refractivity contribution in [3.05, 3.63) is 29.3 Å². The molecule has 0 heterocycles. The van der Waals surface area contributed by atoms with E-state index in [2.05, 4.69) is 0 Å². The Balaban J connectivity index is 2.53. The number of nitrogens with zero attached hydrogens (tertiary/aromatic N) is 2. The Kier molecular flexibility index (Phi) is 6.40. The van der Waals surface area contributed by atoms with Crippen LogP contribution in [0.15, 0.2) is 23.1 Å². The summed E-state index contributed by atoms with van der Waals surface area (Å²) in [5.41, 5.74) is 2.27. The van der Waals surface area contributed by atoms with Crippen LogP contribution in [-0.2, 0) is 15.6 Å². The first kappa shape index (κ1) is 16.4. The molecule has 0 saturated carbocycles. The Morgan fingerprint density at radius 2 is 2.05 bits per heavy atom. The summed E-state index contributed by atoms with van der Waals surface area (Å²) in [6.45, 7) is 4.41. The number of benzene rings is 1. The van der Waals surface area contributed by atoms with Crippen molar-refractivity contribution in [3.63, 3.8) is 0 Å². The molecule has 0 aromatic heterocycles. The van der Waals surface area contributed by atoms with E-state index in [-0.39, 0.29) is 12.3 Å². The Hall–Kier alpha value is -1.67. The van der Waals surface area contributed by atoms with Crippen molar-refractivity contribution < 1.29 is 9.00 Å². The highest BCUT2D eigenvalue weighted by Gasteiger charge is 2.12. The number of carbonyl (C=O) groups excluding carboxylic acids is 1. The predicted molar refractivity (Wildman–Crippen MR) is 79.7 cm³/mol. The second-order valence-corrected chi connectivity index (χ2v) is 6.34. The van der Waals surface area contributed by atoms with E-state index in [9.17, 15) is 9.00 Å². The van der Waals surface area contributed by atoms with Gasteiger partial charge in [0.2, 0.25) is 5.91 Å². The largest absolute Gasteiger partial charge is 0.345 e. The minimum Gasteiger partial charge on any atom is -0.345 e. The zero-order valence-electron chi connectivity index (χ0n) is 12.2. The lowest BCUT2D eigenvalue weighted by molar-refractivity contribution is -0.129. The summed E-state index contributed by atoms with van der Waals surface area (Å²) in [5, 5.41) is 8.48. The molecule has 0 saturated heterocycles. The molecule has 4 nitrogen and oxygen atoms in total. The molecule has 0 bridgehead atoms. The first-order chi connectivity index (χ1) is 9.45. The van der Waals surface area contributed by atoms with E-state index in [0.717, 1.165) is 16.0 Å². The number of rotatable bonds is 6. The molecule has 1 amide bonds. The molecule has 108 valence electrons. The van der Waals surface area contributed by atoms with Crippen molar-refractivity contribution in [3.8, 4) is 6.07 Å². The predicted octanol–water partition coefficient (Wildman–Crippen LogP) is 2.17. The molecule has 1 unspecified atom stereocenters. The van der Waals surface area contributed by atoms with E-state index >= 15 is 0 Å². The molecule has 1 aromatic rings. The highest BCUT2D eigenvalue weighted by atomic mass is 32.2. The molecule has 0 aliphatic heterocycles. The number of amides is 1. The second-order valence-electron chi connectivity index (χ2n) is 4.77. The lowest BCUT2D eigenvalue weighted by Crippen LogP contribution is -2.28. The van der Waals surface area contributed by atoms with Gasteiger partial charge in [-0.15, -0.1) is 0 Å². The van der Waals surface area contributed by atoms with Crippen LogP contribution in [0.1, 0.15) is 24.0 Å². The van der Waals surface area contributed by atoms with Gasteiger partial charge in [-0.05, 0) is 37.1 Å². The lowest BCUT2D eigenvalue weighted by atomic mass is 10.1. The van der Waals surface area contributed by atoms with E-state index in [1.54, 1.807) is 7.05 Å². The highest BCUT2D eigenvalue weighted by molar-refractivity contribution is 7.85. The van der Waals surface area contributed by atoms with Gasteiger partial charge in [-0.25, -0.2) is 0 Å². The monoisotopic (exact) mass is 292 g/mol. The number of hydrogen-bond donors (Lipinski definition) is 0. The first-order valence-electron chi connectivity index (χ1n) is 6.52. The number of nitriles is 1. The maximum absolute atomic E-state index is 12.1. The van der Waals surface area contributed by atoms with Crippen molar-refractivity contribution in [2.24, 2.45) is 0 Å². The third-order valence-electron chi connectivity index (χ3n) is 3.23. The maximum atomic E-state index is 12.1. The van der Waals surface area contributed by atoms with Crippen LogP contribution in [0.5, 0.6) is 0 Å². The summed E-state index contributed by atoms with van der Waals surface area (Å²) in [4.78, 5) is 14.1. The number of carbonyl (C=O) groups is 1. The van der Waals surface area contributed by atoms with Crippen LogP contribution >= 0.6 is 0 Å². The summed E-state index contributed by atoms with van der Waals surface area (Å²) in [6.07, 6.45) is 0.559. The summed E-state index contributed by atoms with van der Waals surface area (Å²) < 4.78 is 12.1. The van der Waals surface area contributed by atoms with E-state index in [4.69, 9.17) is 5.26 Å². The maximum Gasteiger partial charge on any atom is 0.223 e. The lowest BCUT2D eigenvalue weighted by Gasteiger charge is -2.15. The van der Waals surface area contributed by atoms with Crippen LogP contribution in [0.2, 0.25) is 0 Å². The van der Waals surface area contributed by atoms with Gasteiger partial charge >= 0.3 is 0 Å². The van der Waals surface area contributed by atoms with E-state index < -0.39 is 10.8 Å². The van der Waals surface area contributed by atoms with Gasteiger partial charge in [0.25, 0.3) is 0 Å². The fraction of sp³-hybridized carbons (Fsp3) is 0.467. The van der Waals surface area contributed by atoms with Gasteiger partial charge in [-0.1, -0.05) is 6.07 Å². The van der Waals surface area contributed by atoms with E-state index in [0.29, 0.717) is 18.7 Å². The van der Waals surface area contributed by atoms with Crippen molar-refractivity contribution in [2.45, 2.75) is 31.6 Å². The van der Waals surface area contributed by atoms with Crippen LogP contribution in [0.3, 0.4) is 0 Å². The van der Waals surface area contributed by atoms with Crippen molar-refractivity contribution >= 4 is 16.7 Å². The zero-order chi connectivity index (χ0) is 15.1. The molecule has 0 fully saturated rings. The molecule has 0 radical (unpaired) electrons. The van der Waals surface area contributed by atoms with Crippen molar-refractivity contribution in [1.29, 1.82) is 5.26 Å². The Morgan fingerprint density at radius 3 is 2.65 bits per heavy atom. The SMILES string of the molecule is Cc1ccc(S(=O)CCC(=O)N(C)CCC#N)cc1C. The van der Waals surface area contributed by atoms with Crippen LogP contribution in [0.25, 0.3) is 0 Å². The van der Waals surface area contributed by atoms with E-state index in [1.807, 2.05) is 38.1 Å². The smallest absolute Gasteiger partial charge is 0.223 e. The normalized spacial score (nSPS) is 11.7. The summed E-state index contributed by atoms with van der Waals surface area (Å²) in [6, 6.07) is 7.71. The molecular formula is C15H20N2O2S. The highest BCUT2D eigenvalue weighted by Crippen LogP contribution is 2.14. The quantitative estimate of drug-likeness (QED) is 0.807. The number of aryl methyl sites for hydroxylation is 2. The van der Waals surface area contributed by atoms with Crippen LogP contribution in [0.4, 0.5) is 0 Å². The van der Waals surface area contributed by atoms with Gasteiger partial charge in [0.05, 0.1) is 23.3 Å². The van der Waals surface area contributed by atoms with Crippen molar-refractivity contribution in [2.75, 3.05) is 19.3 Å².